The molecular weight excluding hydrogens is 220 g/mol. The van der Waals surface area contributed by atoms with Gasteiger partial charge in [-0.25, -0.2) is 9.97 Å². The van der Waals surface area contributed by atoms with E-state index in [1.165, 1.54) is 25.7 Å². The molecule has 2 aromatic heterocycles. The molecule has 6 nitrogen and oxygen atoms in total. The Bertz CT molecular complexity index is 519. The maximum Gasteiger partial charge on any atom is 0.269 e. The number of pyridine rings is 1. The van der Waals surface area contributed by atoms with Crippen LogP contribution in [-0.4, -0.2) is 22.1 Å². The van der Waals surface area contributed by atoms with Crippen molar-refractivity contribution in [3.8, 4) is 11.8 Å². The van der Waals surface area contributed by atoms with Gasteiger partial charge >= 0.3 is 0 Å². The van der Waals surface area contributed by atoms with E-state index in [0.29, 0.717) is 5.75 Å². The van der Waals surface area contributed by atoms with E-state index in [0.717, 1.165) is 0 Å². The quantitative estimate of drug-likeness (QED) is 0.779. The lowest BCUT2D eigenvalue weighted by Crippen LogP contribution is -2.10. The zero-order chi connectivity index (χ0) is 12.5. The topological polar surface area (TPSA) is 91.7 Å². The van der Waals surface area contributed by atoms with Gasteiger partial charge in [0.1, 0.15) is 18.1 Å². The minimum atomic E-state index is -0.424. The summed E-state index contributed by atoms with van der Waals surface area (Å²) in [5, 5.41) is 8.48. The Balaban J connectivity index is 0.000000202. The lowest BCUT2D eigenvalue weighted by Gasteiger charge is -1.98. The number of nitrogens with zero attached hydrogens (tertiary/aromatic N) is 3. The number of methoxy groups -OCH3 is 1. The van der Waals surface area contributed by atoms with Crippen LogP contribution in [0, 0.1) is 11.3 Å². The van der Waals surface area contributed by atoms with Gasteiger partial charge in [0.05, 0.1) is 7.11 Å². The molecule has 0 atom stereocenters. The van der Waals surface area contributed by atoms with Crippen LogP contribution in [0.4, 0.5) is 0 Å². The van der Waals surface area contributed by atoms with Gasteiger partial charge in [-0.2, -0.15) is 5.26 Å². The van der Waals surface area contributed by atoms with Crippen LogP contribution < -0.4 is 10.3 Å². The van der Waals surface area contributed by atoms with Crippen molar-refractivity contribution >= 4 is 0 Å². The van der Waals surface area contributed by atoms with Gasteiger partial charge in [-0.3, -0.25) is 4.79 Å². The molecule has 2 aromatic rings. The molecule has 0 fully saturated rings. The molecule has 0 saturated carbocycles. The molecule has 0 spiro atoms. The second kappa shape index (κ2) is 6.74. The van der Waals surface area contributed by atoms with Crippen molar-refractivity contribution in [1.82, 2.24) is 15.0 Å². The number of aromatic amines is 1. The Morgan fingerprint density at radius 2 is 2.12 bits per heavy atom. The van der Waals surface area contributed by atoms with Gasteiger partial charge in [-0.1, -0.05) is 0 Å². The molecule has 0 amide bonds. The third-order valence-corrected chi connectivity index (χ3v) is 1.73. The summed E-state index contributed by atoms with van der Waals surface area (Å²) in [4.78, 5) is 20.6. The first kappa shape index (κ1) is 12.4. The molecule has 2 heterocycles. The highest BCUT2D eigenvalue weighted by molar-refractivity contribution is 5.39. The molecule has 0 bridgehead atoms. The summed E-state index contributed by atoms with van der Waals surface area (Å²) < 4.78 is 4.77. The number of aromatic nitrogens is 3. The van der Waals surface area contributed by atoms with Gasteiger partial charge < -0.3 is 9.72 Å². The van der Waals surface area contributed by atoms with Gasteiger partial charge in [-0.05, 0) is 12.1 Å². The second-order valence-corrected chi connectivity index (χ2v) is 2.77. The van der Waals surface area contributed by atoms with Gasteiger partial charge in [0.2, 0.25) is 0 Å². The number of nitriles is 1. The van der Waals surface area contributed by atoms with E-state index < -0.39 is 5.56 Å². The van der Waals surface area contributed by atoms with E-state index in [1.54, 1.807) is 24.5 Å². The van der Waals surface area contributed by atoms with Crippen LogP contribution in [0.3, 0.4) is 0 Å². The van der Waals surface area contributed by atoms with Gasteiger partial charge in [0, 0.05) is 18.6 Å². The molecule has 2 rings (SSSR count). The standard InChI is InChI=1S/C7H6N2O2.C4H4N2/c1-11-6-2-3-9-7(10)5(6)4-8;1-2-5-4-6-3-1/h2-3H,1H3,(H,9,10);1-4H. The maximum atomic E-state index is 10.9. The van der Waals surface area contributed by atoms with Crippen molar-refractivity contribution < 1.29 is 4.74 Å². The Morgan fingerprint density at radius 3 is 2.47 bits per heavy atom. The molecule has 0 unspecified atom stereocenters. The van der Waals surface area contributed by atoms with Gasteiger partial charge in [-0.15, -0.1) is 0 Å². The predicted molar refractivity (Wildman–Crippen MR) is 60.4 cm³/mol. The lowest BCUT2D eigenvalue weighted by molar-refractivity contribution is 0.412. The molecule has 1 N–H and O–H groups in total. The van der Waals surface area contributed by atoms with Crippen LogP contribution in [0.25, 0.3) is 0 Å². The lowest BCUT2D eigenvalue weighted by atomic mass is 10.3. The van der Waals surface area contributed by atoms with E-state index in [-0.39, 0.29) is 5.56 Å². The van der Waals surface area contributed by atoms with Crippen LogP contribution in [-0.2, 0) is 0 Å². The average molecular weight is 230 g/mol. The van der Waals surface area contributed by atoms with Crippen LogP contribution in [0.1, 0.15) is 5.56 Å². The minimum Gasteiger partial charge on any atom is -0.495 e. The molecule has 0 aliphatic rings. The van der Waals surface area contributed by atoms with E-state index in [1.807, 2.05) is 0 Å². The van der Waals surface area contributed by atoms with E-state index in [2.05, 4.69) is 15.0 Å². The zero-order valence-electron chi connectivity index (χ0n) is 9.12. The molecule has 17 heavy (non-hydrogen) atoms. The zero-order valence-corrected chi connectivity index (χ0v) is 9.12. The number of rotatable bonds is 1. The number of H-pyrrole nitrogens is 1. The fourth-order valence-electron chi connectivity index (χ4n) is 0.990. The Labute approximate surface area is 97.6 Å². The van der Waals surface area contributed by atoms with Crippen molar-refractivity contribution in [3.05, 3.63) is 53.0 Å². The van der Waals surface area contributed by atoms with Crippen LogP contribution in [0.5, 0.6) is 5.75 Å². The second-order valence-electron chi connectivity index (χ2n) is 2.77. The first-order valence-corrected chi connectivity index (χ1v) is 4.65. The Kier molecular flexibility index (Phi) is 4.91. The third kappa shape index (κ3) is 3.76. The van der Waals surface area contributed by atoms with Crippen molar-refractivity contribution in [2.24, 2.45) is 0 Å². The Morgan fingerprint density at radius 1 is 1.41 bits per heavy atom. The van der Waals surface area contributed by atoms with E-state index in [4.69, 9.17) is 10.00 Å². The molecule has 6 heteroatoms. The summed E-state index contributed by atoms with van der Waals surface area (Å²) in [5.41, 5.74) is -0.415. The molecule has 0 aliphatic carbocycles. The first-order chi connectivity index (χ1) is 8.29. The highest BCUT2D eigenvalue weighted by atomic mass is 16.5. The largest absolute Gasteiger partial charge is 0.495 e. The summed E-state index contributed by atoms with van der Waals surface area (Å²) >= 11 is 0. The molecule has 0 aromatic carbocycles. The van der Waals surface area contributed by atoms with Crippen LogP contribution in [0.15, 0.2) is 41.8 Å². The van der Waals surface area contributed by atoms with Gasteiger partial charge in [0.25, 0.3) is 5.56 Å². The molecule has 0 aliphatic heterocycles. The molecule has 0 saturated heterocycles. The number of hydrogen-bond acceptors (Lipinski definition) is 5. The summed E-state index contributed by atoms with van der Waals surface area (Å²) in [6, 6.07) is 5.05. The monoisotopic (exact) mass is 230 g/mol. The number of hydrogen-bond donors (Lipinski definition) is 1. The van der Waals surface area contributed by atoms with E-state index >= 15 is 0 Å². The summed E-state index contributed by atoms with van der Waals surface area (Å²) in [5.74, 6) is 0.302. The smallest absolute Gasteiger partial charge is 0.269 e. The SMILES string of the molecule is COc1cc[nH]c(=O)c1C#N.c1cncnc1. The van der Waals surface area contributed by atoms with Crippen molar-refractivity contribution in [2.45, 2.75) is 0 Å². The summed E-state index contributed by atoms with van der Waals surface area (Å²) in [6.07, 6.45) is 6.31. The fourth-order valence-corrected chi connectivity index (χ4v) is 0.990. The van der Waals surface area contributed by atoms with Gasteiger partial charge in [0.15, 0.2) is 5.56 Å². The van der Waals surface area contributed by atoms with Crippen LogP contribution >= 0.6 is 0 Å². The maximum absolute atomic E-state index is 10.9. The normalized spacial score (nSPS) is 8.47. The number of nitrogens with one attached hydrogen (secondary N) is 1. The first-order valence-electron chi connectivity index (χ1n) is 4.65. The third-order valence-electron chi connectivity index (χ3n) is 1.73. The molecule has 86 valence electrons. The minimum absolute atomic E-state index is 0.00926. The van der Waals surface area contributed by atoms with E-state index in [9.17, 15) is 4.79 Å². The molecular formula is C11H10N4O2. The fraction of sp³-hybridized carbons (Fsp3) is 0.0909. The van der Waals surface area contributed by atoms with Crippen molar-refractivity contribution in [3.63, 3.8) is 0 Å². The summed E-state index contributed by atoms with van der Waals surface area (Å²) in [6.45, 7) is 0. The predicted octanol–water partition coefficient (Wildman–Crippen LogP) is 0.732. The van der Waals surface area contributed by atoms with Crippen LogP contribution in [0.2, 0.25) is 0 Å². The van der Waals surface area contributed by atoms with Crippen molar-refractivity contribution in [2.75, 3.05) is 7.11 Å². The molecule has 0 radical (unpaired) electrons. The Hall–Kier alpha value is -2.68. The number of ether oxygens (including phenoxy) is 1. The summed E-state index contributed by atoms with van der Waals surface area (Å²) in [7, 11) is 1.41. The van der Waals surface area contributed by atoms with Crippen molar-refractivity contribution in [1.29, 1.82) is 5.26 Å². The average Bonchev–Trinajstić information content (AvgIpc) is 2.41. The highest BCUT2D eigenvalue weighted by Gasteiger charge is 2.04. The highest BCUT2D eigenvalue weighted by Crippen LogP contribution is 2.09.